The van der Waals surface area contributed by atoms with E-state index in [0.29, 0.717) is 0 Å². The van der Waals surface area contributed by atoms with Gasteiger partial charge in [0.25, 0.3) is 0 Å². The Bertz CT molecular complexity index is 637. The van der Waals surface area contributed by atoms with Crippen molar-refractivity contribution in [2.24, 2.45) is 5.92 Å². The second kappa shape index (κ2) is 11.0. The molecule has 1 fully saturated rings. The highest BCUT2D eigenvalue weighted by atomic mass is 79.9. The number of nitrogens with zero attached hydrogens (tertiary/aromatic N) is 1. The van der Waals surface area contributed by atoms with Crippen LogP contribution in [-0.2, 0) is 12.8 Å². The molecule has 0 saturated carbocycles. The van der Waals surface area contributed by atoms with Crippen LogP contribution < -0.4 is 5.43 Å². The molecule has 0 aliphatic carbocycles. The molecule has 3 rings (SSSR count). The molecule has 0 amide bonds. The van der Waals surface area contributed by atoms with E-state index in [4.69, 9.17) is 11.6 Å². The van der Waals surface area contributed by atoms with Crippen molar-refractivity contribution in [2.75, 3.05) is 19.6 Å². The van der Waals surface area contributed by atoms with E-state index in [1.54, 1.807) is 0 Å². The first-order chi connectivity index (χ1) is 12.2. The third-order valence-corrected chi connectivity index (χ3v) is 5.20. The van der Waals surface area contributed by atoms with Crippen LogP contribution in [0.25, 0.3) is 0 Å². The van der Waals surface area contributed by atoms with E-state index in [1.807, 2.05) is 24.3 Å². The molecule has 0 radical (unpaired) electrons. The van der Waals surface area contributed by atoms with Crippen LogP contribution in [0.1, 0.15) is 30.4 Å². The topological polar surface area (TPSA) is 15.3 Å². The van der Waals surface area contributed by atoms with Crippen molar-refractivity contribution >= 4 is 28.6 Å². The molecule has 5 heteroatoms. The fraction of sp³-hybridized carbons (Fsp3) is 0.429. The second-order valence-corrected chi connectivity index (χ2v) is 7.34. The minimum absolute atomic E-state index is 0. The minimum atomic E-state index is -0.164. The highest BCUT2D eigenvalue weighted by molar-refractivity contribution is 8.93. The summed E-state index contributed by atoms with van der Waals surface area (Å²) in [7, 11) is 0. The van der Waals surface area contributed by atoms with Gasteiger partial charge in [-0.1, -0.05) is 35.9 Å². The Kier molecular flexibility index (Phi) is 9.06. The van der Waals surface area contributed by atoms with Crippen LogP contribution in [0.5, 0.6) is 0 Å². The first kappa shape index (κ1) is 21.4. The Morgan fingerprint density at radius 3 is 2.23 bits per heavy atom. The van der Waals surface area contributed by atoms with E-state index >= 15 is 0 Å². The summed E-state index contributed by atoms with van der Waals surface area (Å²) < 4.78 is 12.9. The number of hydrazine groups is 1. The molecule has 0 unspecified atom stereocenters. The van der Waals surface area contributed by atoms with Gasteiger partial charge >= 0.3 is 0 Å². The molecule has 1 heterocycles. The predicted molar refractivity (Wildman–Crippen MR) is 112 cm³/mol. The van der Waals surface area contributed by atoms with Crippen molar-refractivity contribution in [1.82, 2.24) is 10.4 Å². The molecule has 0 bridgehead atoms. The summed E-state index contributed by atoms with van der Waals surface area (Å²) in [6.45, 7) is 3.18. The highest BCUT2D eigenvalue weighted by Crippen LogP contribution is 2.21. The van der Waals surface area contributed by atoms with Gasteiger partial charge in [-0.25, -0.2) is 9.40 Å². The summed E-state index contributed by atoms with van der Waals surface area (Å²) in [5.74, 6) is 0.599. The fourth-order valence-corrected chi connectivity index (χ4v) is 3.56. The Morgan fingerprint density at radius 1 is 0.962 bits per heavy atom. The molecule has 0 spiro atoms. The Hall–Kier alpha value is -0.940. The summed E-state index contributed by atoms with van der Waals surface area (Å²) in [4.78, 5) is 0. The van der Waals surface area contributed by atoms with Crippen molar-refractivity contribution in [1.29, 1.82) is 0 Å². The fourth-order valence-electron chi connectivity index (χ4n) is 3.43. The Morgan fingerprint density at radius 2 is 1.58 bits per heavy atom. The van der Waals surface area contributed by atoms with Crippen LogP contribution in [0.4, 0.5) is 4.39 Å². The maximum atomic E-state index is 12.9. The van der Waals surface area contributed by atoms with Gasteiger partial charge in [-0.15, -0.1) is 17.0 Å². The highest BCUT2D eigenvalue weighted by Gasteiger charge is 2.19. The van der Waals surface area contributed by atoms with Gasteiger partial charge in [0.15, 0.2) is 0 Å². The third-order valence-electron chi connectivity index (χ3n) is 4.94. The van der Waals surface area contributed by atoms with Crippen molar-refractivity contribution < 1.29 is 4.39 Å². The van der Waals surface area contributed by atoms with Crippen molar-refractivity contribution in [3.8, 4) is 0 Å². The van der Waals surface area contributed by atoms with Crippen LogP contribution in [0.3, 0.4) is 0 Å². The number of rotatable bonds is 7. The van der Waals surface area contributed by atoms with Gasteiger partial charge < -0.3 is 0 Å². The lowest BCUT2D eigenvalue weighted by atomic mass is 9.91. The summed E-state index contributed by atoms with van der Waals surface area (Å²) in [5, 5.41) is 3.16. The maximum absolute atomic E-state index is 12.9. The van der Waals surface area contributed by atoms with E-state index in [0.717, 1.165) is 49.8 Å². The lowest BCUT2D eigenvalue weighted by Gasteiger charge is -2.32. The average Bonchev–Trinajstić information content (AvgIpc) is 2.63. The number of hydrogen-bond donors (Lipinski definition) is 1. The van der Waals surface area contributed by atoms with Gasteiger partial charge in [0, 0.05) is 24.7 Å². The lowest BCUT2D eigenvalue weighted by molar-refractivity contribution is 0.124. The van der Waals surface area contributed by atoms with Gasteiger partial charge in [-0.05, 0) is 73.4 Å². The maximum Gasteiger partial charge on any atom is 0.123 e. The molecule has 1 N–H and O–H groups in total. The van der Waals surface area contributed by atoms with Gasteiger partial charge in [0.05, 0.1) is 0 Å². The quantitative estimate of drug-likeness (QED) is 0.575. The molecule has 1 aliphatic heterocycles. The smallest absolute Gasteiger partial charge is 0.123 e. The molecular formula is C21H27BrClFN2. The summed E-state index contributed by atoms with van der Waals surface area (Å²) in [6.07, 6.45) is 5.66. The monoisotopic (exact) mass is 440 g/mol. The molecule has 2 aromatic carbocycles. The molecule has 142 valence electrons. The Balaban J connectivity index is 0.00000243. The largest absolute Gasteiger partial charge is 0.255 e. The summed E-state index contributed by atoms with van der Waals surface area (Å²) >= 11 is 5.95. The van der Waals surface area contributed by atoms with Crippen LogP contribution >= 0.6 is 28.6 Å². The van der Waals surface area contributed by atoms with E-state index < -0.39 is 0 Å². The van der Waals surface area contributed by atoms with E-state index in [-0.39, 0.29) is 22.8 Å². The summed E-state index contributed by atoms with van der Waals surface area (Å²) in [6, 6.07) is 15.1. The van der Waals surface area contributed by atoms with Gasteiger partial charge in [0.2, 0.25) is 0 Å². The first-order valence-electron chi connectivity index (χ1n) is 9.16. The number of aryl methyl sites for hydroxylation is 1. The van der Waals surface area contributed by atoms with E-state index in [2.05, 4.69) is 22.6 Å². The molecule has 1 saturated heterocycles. The SMILES string of the molecule is Br.Fc1ccc(CCCNN2CCC(Cc3ccc(Cl)cc3)CC2)cc1. The summed E-state index contributed by atoms with van der Waals surface area (Å²) in [5.41, 5.74) is 6.12. The van der Waals surface area contributed by atoms with E-state index in [1.165, 1.54) is 36.1 Å². The minimum Gasteiger partial charge on any atom is -0.255 e. The van der Waals surface area contributed by atoms with Crippen LogP contribution in [0.15, 0.2) is 48.5 Å². The molecule has 2 nitrogen and oxygen atoms in total. The average molecular weight is 442 g/mol. The molecular weight excluding hydrogens is 415 g/mol. The van der Waals surface area contributed by atoms with Crippen molar-refractivity contribution in [3.63, 3.8) is 0 Å². The molecule has 0 atom stereocenters. The predicted octanol–water partition coefficient (Wildman–Crippen LogP) is 5.45. The number of piperidine rings is 1. The van der Waals surface area contributed by atoms with Crippen LogP contribution in [0, 0.1) is 11.7 Å². The van der Waals surface area contributed by atoms with Crippen molar-refractivity contribution in [3.05, 3.63) is 70.5 Å². The first-order valence-corrected chi connectivity index (χ1v) is 9.54. The number of halogens is 3. The second-order valence-electron chi connectivity index (χ2n) is 6.90. The van der Waals surface area contributed by atoms with Gasteiger partial charge in [-0.2, -0.15) is 0 Å². The lowest BCUT2D eigenvalue weighted by Crippen LogP contribution is -2.44. The van der Waals surface area contributed by atoms with E-state index in [9.17, 15) is 4.39 Å². The van der Waals surface area contributed by atoms with Crippen LogP contribution in [0.2, 0.25) is 5.02 Å². The normalized spacial score (nSPS) is 15.6. The van der Waals surface area contributed by atoms with Crippen molar-refractivity contribution in [2.45, 2.75) is 32.1 Å². The molecule has 2 aromatic rings. The number of nitrogens with one attached hydrogen (secondary N) is 1. The molecule has 26 heavy (non-hydrogen) atoms. The zero-order valence-electron chi connectivity index (χ0n) is 15.0. The molecule has 0 aromatic heterocycles. The molecule has 1 aliphatic rings. The zero-order chi connectivity index (χ0) is 17.5. The van der Waals surface area contributed by atoms with Gasteiger partial charge in [0.1, 0.15) is 5.82 Å². The van der Waals surface area contributed by atoms with Gasteiger partial charge in [-0.3, -0.25) is 5.43 Å². The third kappa shape index (κ3) is 6.99. The zero-order valence-corrected chi connectivity index (χ0v) is 17.4. The van der Waals surface area contributed by atoms with Crippen LogP contribution in [-0.4, -0.2) is 24.6 Å². The Labute approximate surface area is 171 Å². The standard InChI is InChI=1S/C21H26ClFN2.BrH/c22-20-7-3-18(4-8-20)16-19-11-14-25(15-12-19)24-13-1-2-17-5-9-21(23)10-6-17;/h3-10,19,24H,1-2,11-16H2;1H. The number of hydrogen-bond acceptors (Lipinski definition) is 2. The number of benzene rings is 2.